The van der Waals surface area contributed by atoms with Gasteiger partial charge in [0.1, 0.15) is 11.5 Å². The molecule has 0 radical (unpaired) electrons. The van der Waals surface area contributed by atoms with E-state index in [9.17, 15) is 14.5 Å². The first-order valence-corrected chi connectivity index (χ1v) is 7.09. The number of hydrogen-bond donors (Lipinski definition) is 1. The van der Waals surface area contributed by atoms with Gasteiger partial charge in [0.25, 0.3) is 5.69 Å². The van der Waals surface area contributed by atoms with Crippen LogP contribution in [-0.2, 0) is 0 Å². The Balaban J connectivity index is 2.12. The van der Waals surface area contributed by atoms with Crippen LogP contribution in [-0.4, -0.2) is 4.92 Å². The first-order chi connectivity index (χ1) is 11.1. The lowest BCUT2D eigenvalue weighted by Crippen LogP contribution is -1.98. The molecule has 3 aromatic rings. The summed E-state index contributed by atoms with van der Waals surface area (Å²) in [6.07, 6.45) is 0. The minimum atomic E-state index is -0.432. The second-order valence-electron chi connectivity index (χ2n) is 5.32. The van der Waals surface area contributed by atoms with Gasteiger partial charge in [-0.3, -0.25) is 10.1 Å². The van der Waals surface area contributed by atoms with E-state index in [1.54, 1.807) is 12.1 Å². The van der Waals surface area contributed by atoms with E-state index in [-0.39, 0.29) is 5.69 Å². The first kappa shape index (κ1) is 13.5. The molecule has 1 N–H and O–H groups in total. The lowest BCUT2D eigenvalue weighted by atomic mass is 9.94. The number of anilines is 2. The number of rotatable bonds is 1. The predicted octanol–water partition coefficient (Wildman–Crippen LogP) is 5.12. The average molecular weight is 306 g/mol. The fourth-order valence-electron chi connectivity index (χ4n) is 2.99. The Labute approximate surface area is 131 Å². The van der Waals surface area contributed by atoms with Crippen LogP contribution in [0.15, 0.2) is 60.7 Å². The van der Waals surface area contributed by atoms with Crippen LogP contribution in [0.1, 0.15) is 0 Å². The van der Waals surface area contributed by atoms with Crippen molar-refractivity contribution >= 4 is 17.1 Å². The fraction of sp³-hybridized carbons (Fsp3) is 0. The average Bonchev–Trinajstić information content (AvgIpc) is 2.68. The van der Waals surface area contributed by atoms with Crippen molar-refractivity contribution in [3.63, 3.8) is 0 Å². The molecule has 0 fully saturated rings. The molecule has 1 heterocycles. The largest absolute Gasteiger partial charge is 0.349 e. The molecule has 0 spiro atoms. The highest BCUT2D eigenvalue weighted by Crippen LogP contribution is 2.47. The van der Waals surface area contributed by atoms with E-state index in [0.29, 0.717) is 11.4 Å². The number of hydrogen-bond acceptors (Lipinski definition) is 3. The summed E-state index contributed by atoms with van der Waals surface area (Å²) in [5.41, 5.74) is 4.20. The number of para-hydroxylation sites is 1. The zero-order valence-electron chi connectivity index (χ0n) is 11.9. The highest BCUT2D eigenvalue weighted by atomic mass is 19.1. The van der Waals surface area contributed by atoms with Gasteiger partial charge in [-0.05, 0) is 29.3 Å². The standard InChI is InChI=1S/C18H11FN2O2/c19-11-8-9-14-12-4-1-2-5-13(12)15-6-3-7-17(21(22)23)18(15)20-16(14)10-11/h1-10,20H. The molecule has 0 aliphatic carbocycles. The second kappa shape index (κ2) is 4.91. The maximum absolute atomic E-state index is 13.7. The van der Waals surface area contributed by atoms with E-state index in [0.717, 1.165) is 22.3 Å². The van der Waals surface area contributed by atoms with E-state index in [1.807, 2.05) is 30.3 Å². The van der Waals surface area contributed by atoms with Crippen molar-refractivity contribution < 1.29 is 9.31 Å². The molecule has 4 nitrogen and oxygen atoms in total. The highest BCUT2D eigenvalue weighted by molar-refractivity contribution is 6.00. The summed E-state index contributed by atoms with van der Waals surface area (Å²) in [6.45, 7) is 0. The van der Waals surface area contributed by atoms with Crippen molar-refractivity contribution in [3.05, 3.63) is 76.6 Å². The monoisotopic (exact) mass is 306 g/mol. The zero-order valence-corrected chi connectivity index (χ0v) is 11.9. The Morgan fingerprint density at radius 3 is 2.30 bits per heavy atom. The Bertz CT molecular complexity index is 954. The normalized spacial score (nSPS) is 11.5. The minimum absolute atomic E-state index is 0.0329. The molecule has 0 saturated heterocycles. The number of benzene rings is 3. The zero-order chi connectivity index (χ0) is 16.0. The van der Waals surface area contributed by atoms with Crippen molar-refractivity contribution in [1.29, 1.82) is 0 Å². The molecule has 0 atom stereocenters. The molecule has 0 saturated carbocycles. The molecule has 3 aromatic carbocycles. The van der Waals surface area contributed by atoms with Crippen LogP contribution >= 0.6 is 0 Å². The van der Waals surface area contributed by atoms with Gasteiger partial charge in [0.05, 0.1) is 4.92 Å². The number of halogens is 1. The van der Waals surface area contributed by atoms with E-state index in [2.05, 4.69) is 5.32 Å². The van der Waals surface area contributed by atoms with Gasteiger partial charge in [0.15, 0.2) is 0 Å². The van der Waals surface area contributed by atoms with Crippen molar-refractivity contribution in [2.24, 2.45) is 0 Å². The van der Waals surface area contributed by atoms with Gasteiger partial charge in [-0.1, -0.05) is 36.4 Å². The number of nitro groups is 1. The van der Waals surface area contributed by atoms with Crippen LogP contribution in [0.3, 0.4) is 0 Å². The quantitative estimate of drug-likeness (QED) is 0.392. The van der Waals surface area contributed by atoms with Crippen molar-refractivity contribution in [2.75, 3.05) is 5.32 Å². The van der Waals surface area contributed by atoms with Crippen LogP contribution in [0.25, 0.3) is 22.3 Å². The van der Waals surface area contributed by atoms with Crippen molar-refractivity contribution in [1.82, 2.24) is 0 Å². The summed E-state index contributed by atoms with van der Waals surface area (Å²) in [5, 5.41) is 14.4. The minimum Gasteiger partial charge on any atom is -0.349 e. The summed E-state index contributed by atoms with van der Waals surface area (Å²) in [5.74, 6) is -0.393. The molecule has 0 aromatic heterocycles. The van der Waals surface area contributed by atoms with Gasteiger partial charge in [0.2, 0.25) is 0 Å². The number of fused-ring (bicyclic) bond motifs is 5. The Kier molecular flexibility index (Phi) is 2.87. The van der Waals surface area contributed by atoms with Gasteiger partial charge < -0.3 is 5.32 Å². The van der Waals surface area contributed by atoms with Gasteiger partial charge in [-0.25, -0.2) is 4.39 Å². The number of nitrogens with zero attached hydrogens (tertiary/aromatic N) is 1. The van der Waals surface area contributed by atoms with E-state index >= 15 is 0 Å². The molecule has 0 bridgehead atoms. The molecule has 1 aliphatic rings. The Morgan fingerprint density at radius 2 is 1.57 bits per heavy atom. The van der Waals surface area contributed by atoms with Crippen LogP contribution < -0.4 is 5.32 Å². The van der Waals surface area contributed by atoms with Gasteiger partial charge in [-0.15, -0.1) is 0 Å². The summed E-state index contributed by atoms with van der Waals surface area (Å²) in [6, 6.07) is 17.0. The molecular formula is C18H11FN2O2. The van der Waals surface area contributed by atoms with Crippen molar-refractivity contribution in [2.45, 2.75) is 0 Å². The Hall–Kier alpha value is -3.21. The van der Waals surface area contributed by atoms with Crippen LogP contribution in [0.5, 0.6) is 0 Å². The first-order valence-electron chi connectivity index (χ1n) is 7.09. The molecule has 23 heavy (non-hydrogen) atoms. The maximum Gasteiger partial charge on any atom is 0.293 e. The number of nitro benzene ring substituents is 1. The van der Waals surface area contributed by atoms with E-state index in [1.165, 1.54) is 18.2 Å². The molecule has 0 amide bonds. The maximum atomic E-state index is 13.7. The lowest BCUT2D eigenvalue weighted by molar-refractivity contribution is -0.383. The summed E-state index contributed by atoms with van der Waals surface area (Å²) in [4.78, 5) is 10.9. The summed E-state index contributed by atoms with van der Waals surface area (Å²) >= 11 is 0. The van der Waals surface area contributed by atoms with Crippen LogP contribution in [0.2, 0.25) is 0 Å². The molecule has 1 aliphatic heterocycles. The van der Waals surface area contributed by atoms with Crippen molar-refractivity contribution in [3.8, 4) is 22.3 Å². The highest BCUT2D eigenvalue weighted by Gasteiger charge is 2.25. The van der Waals surface area contributed by atoms with Crippen LogP contribution in [0.4, 0.5) is 21.5 Å². The second-order valence-corrected chi connectivity index (χ2v) is 5.32. The third-order valence-electron chi connectivity index (χ3n) is 3.99. The topological polar surface area (TPSA) is 55.2 Å². The molecule has 5 heteroatoms. The Morgan fingerprint density at radius 1 is 0.870 bits per heavy atom. The third kappa shape index (κ3) is 2.05. The molecule has 112 valence electrons. The van der Waals surface area contributed by atoms with Gasteiger partial charge >= 0.3 is 0 Å². The lowest BCUT2D eigenvalue weighted by Gasteiger charge is -2.10. The predicted molar refractivity (Wildman–Crippen MR) is 87.2 cm³/mol. The van der Waals surface area contributed by atoms with E-state index in [4.69, 9.17) is 0 Å². The SMILES string of the molecule is O=[N+]([O-])c1cccc2c1Nc1cc(F)ccc1-c1ccccc1-2. The number of nitrogens with one attached hydrogen (secondary N) is 1. The molecule has 0 unspecified atom stereocenters. The van der Waals surface area contributed by atoms with Gasteiger partial charge in [0, 0.05) is 22.9 Å². The fourth-order valence-corrected chi connectivity index (χ4v) is 2.99. The summed E-state index contributed by atoms with van der Waals surface area (Å²) < 4.78 is 13.7. The smallest absolute Gasteiger partial charge is 0.293 e. The molecule has 4 rings (SSSR count). The molecular weight excluding hydrogens is 295 g/mol. The van der Waals surface area contributed by atoms with Crippen LogP contribution in [0, 0.1) is 15.9 Å². The third-order valence-corrected chi connectivity index (χ3v) is 3.99. The van der Waals surface area contributed by atoms with Gasteiger partial charge in [-0.2, -0.15) is 0 Å². The summed E-state index contributed by atoms with van der Waals surface area (Å²) in [7, 11) is 0. The van der Waals surface area contributed by atoms with E-state index < -0.39 is 10.7 Å².